The summed E-state index contributed by atoms with van der Waals surface area (Å²) in [4.78, 5) is 4.30. The second-order valence-electron chi connectivity index (χ2n) is 5.13. The summed E-state index contributed by atoms with van der Waals surface area (Å²) in [7, 11) is 0. The number of nitrogens with two attached hydrogens (primary N) is 1. The van der Waals surface area contributed by atoms with Gasteiger partial charge in [-0.25, -0.2) is 4.39 Å². The van der Waals surface area contributed by atoms with E-state index in [1.165, 1.54) is 38.2 Å². The summed E-state index contributed by atoms with van der Waals surface area (Å²) in [6.07, 6.45) is 6.95. The summed E-state index contributed by atoms with van der Waals surface area (Å²) in [6.45, 7) is 0.592. The van der Waals surface area contributed by atoms with E-state index in [-0.39, 0.29) is 29.8 Å². The number of aliphatic imine (C=N–C) groups is 1. The molecule has 112 valence electrons. The molecule has 0 radical (unpaired) electrons. The number of nitrogens with zero attached hydrogens (tertiary/aromatic N) is 1. The van der Waals surface area contributed by atoms with Gasteiger partial charge >= 0.3 is 0 Å². The molecule has 5 heteroatoms. The average Bonchev–Trinajstić information content (AvgIpc) is 2.40. The number of benzene rings is 1. The molecule has 2 rings (SSSR count). The van der Waals surface area contributed by atoms with Crippen molar-refractivity contribution < 1.29 is 4.39 Å². The van der Waals surface area contributed by atoms with Gasteiger partial charge in [0, 0.05) is 12.6 Å². The molecular weight excluding hydrogens is 368 g/mol. The van der Waals surface area contributed by atoms with E-state index in [0.717, 1.165) is 5.56 Å². The second-order valence-corrected chi connectivity index (χ2v) is 5.13. The van der Waals surface area contributed by atoms with Gasteiger partial charge in [0.15, 0.2) is 5.96 Å². The molecule has 0 unspecified atom stereocenters. The molecule has 0 heterocycles. The smallest absolute Gasteiger partial charge is 0.188 e. The lowest BCUT2D eigenvalue weighted by Gasteiger charge is -2.23. The van der Waals surface area contributed by atoms with Gasteiger partial charge in [0.1, 0.15) is 5.82 Å². The quantitative estimate of drug-likeness (QED) is 0.471. The number of halogens is 2. The topological polar surface area (TPSA) is 50.4 Å². The molecule has 1 aliphatic carbocycles. The summed E-state index contributed by atoms with van der Waals surface area (Å²) in [5, 5.41) is 3.27. The van der Waals surface area contributed by atoms with Gasteiger partial charge in [0.25, 0.3) is 0 Å². The minimum absolute atomic E-state index is 0. The Kier molecular flexibility index (Phi) is 7.87. The summed E-state index contributed by atoms with van der Waals surface area (Å²) in [5.74, 6) is 0.318. The number of nitrogens with one attached hydrogen (secondary N) is 1. The maximum atomic E-state index is 13.0. The van der Waals surface area contributed by atoms with Crippen LogP contribution >= 0.6 is 24.0 Å². The molecule has 3 N–H and O–H groups in total. The molecule has 1 aromatic rings. The molecule has 20 heavy (non-hydrogen) atoms. The fourth-order valence-electron chi connectivity index (χ4n) is 2.50. The SMILES string of the molecule is I.NC(=NCCc1cccc(F)c1)NC1CCCCC1. The average molecular weight is 391 g/mol. The van der Waals surface area contributed by atoms with E-state index in [0.29, 0.717) is 25.0 Å². The van der Waals surface area contributed by atoms with Crippen molar-refractivity contribution in [1.82, 2.24) is 5.32 Å². The van der Waals surface area contributed by atoms with Crippen LogP contribution in [0.5, 0.6) is 0 Å². The van der Waals surface area contributed by atoms with E-state index in [1.54, 1.807) is 12.1 Å². The van der Waals surface area contributed by atoms with Crippen LogP contribution in [0, 0.1) is 5.82 Å². The van der Waals surface area contributed by atoms with Crippen molar-refractivity contribution >= 4 is 29.9 Å². The van der Waals surface area contributed by atoms with Crippen molar-refractivity contribution in [3.05, 3.63) is 35.6 Å². The van der Waals surface area contributed by atoms with E-state index in [2.05, 4.69) is 10.3 Å². The summed E-state index contributed by atoms with van der Waals surface area (Å²) >= 11 is 0. The zero-order valence-corrected chi connectivity index (χ0v) is 14.0. The molecule has 1 saturated carbocycles. The molecule has 1 aromatic carbocycles. The van der Waals surface area contributed by atoms with E-state index in [9.17, 15) is 4.39 Å². The lowest BCUT2D eigenvalue weighted by molar-refractivity contribution is 0.412. The van der Waals surface area contributed by atoms with E-state index in [4.69, 9.17) is 5.73 Å². The van der Waals surface area contributed by atoms with Crippen molar-refractivity contribution in [2.45, 2.75) is 44.6 Å². The molecule has 3 nitrogen and oxygen atoms in total. The van der Waals surface area contributed by atoms with E-state index in [1.807, 2.05) is 6.07 Å². The first kappa shape index (κ1) is 17.2. The normalized spacial score (nSPS) is 16.6. The largest absolute Gasteiger partial charge is 0.370 e. The van der Waals surface area contributed by atoms with Gasteiger partial charge in [-0.15, -0.1) is 24.0 Å². The highest BCUT2D eigenvalue weighted by Gasteiger charge is 2.12. The van der Waals surface area contributed by atoms with Gasteiger partial charge in [-0.05, 0) is 37.0 Å². The van der Waals surface area contributed by atoms with Crippen LogP contribution in [0.15, 0.2) is 29.3 Å². The van der Waals surface area contributed by atoms with E-state index < -0.39 is 0 Å². The number of rotatable bonds is 4. The fraction of sp³-hybridized carbons (Fsp3) is 0.533. The number of hydrogen-bond acceptors (Lipinski definition) is 1. The van der Waals surface area contributed by atoms with Crippen molar-refractivity contribution in [3.63, 3.8) is 0 Å². The van der Waals surface area contributed by atoms with Crippen LogP contribution in [-0.4, -0.2) is 18.5 Å². The van der Waals surface area contributed by atoms with Crippen LogP contribution < -0.4 is 11.1 Å². The highest BCUT2D eigenvalue weighted by molar-refractivity contribution is 14.0. The van der Waals surface area contributed by atoms with E-state index >= 15 is 0 Å². The Morgan fingerprint density at radius 3 is 2.75 bits per heavy atom. The Morgan fingerprint density at radius 2 is 2.05 bits per heavy atom. The minimum Gasteiger partial charge on any atom is -0.370 e. The number of guanidine groups is 1. The first-order chi connectivity index (χ1) is 9.24. The molecule has 0 bridgehead atoms. The van der Waals surface area contributed by atoms with Gasteiger partial charge in [-0.1, -0.05) is 31.4 Å². The maximum absolute atomic E-state index is 13.0. The van der Waals surface area contributed by atoms with Crippen molar-refractivity contribution in [3.8, 4) is 0 Å². The van der Waals surface area contributed by atoms with Crippen LogP contribution in [-0.2, 0) is 6.42 Å². The first-order valence-electron chi connectivity index (χ1n) is 7.05. The van der Waals surface area contributed by atoms with Gasteiger partial charge in [0.05, 0.1) is 0 Å². The highest BCUT2D eigenvalue weighted by Crippen LogP contribution is 2.17. The molecule has 1 aliphatic rings. The summed E-state index contributed by atoms with van der Waals surface area (Å²) in [5.41, 5.74) is 6.82. The summed E-state index contributed by atoms with van der Waals surface area (Å²) < 4.78 is 13.0. The summed E-state index contributed by atoms with van der Waals surface area (Å²) in [6, 6.07) is 7.10. The molecule has 1 fully saturated rings. The van der Waals surface area contributed by atoms with Gasteiger partial charge in [-0.3, -0.25) is 4.99 Å². The number of hydrogen-bond donors (Lipinski definition) is 2. The molecule has 0 aromatic heterocycles. The Hall–Kier alpha value is -0.850. The maximum Gasteiger partial charge on any atom is 0.188 e. The predicted molar refractivity (Wildman–Crippen MR) is 92.0 cm³/mol. The Labute approximate surface area is 137 Å². The molecular formula is C15H23FIN3. The van der Waals surface area contributed by atoms with Crippen LogP contribution in [0.1, 0.15) is 37.7 Å². The zero-order chi connectivity index (χ0) is 13.5. The van der Waals surface area contributed by atoms with Crippen molar-refractivity contribution in [2.24, 2.45) is 10.7 Å². The highest BCUT2D eigenvalue weighted by atomic mass is 127. The Balaban J connectivity index is 0.00000200. The molecule has 0 amide bonds. The monoisotopic (exact) mass is 391 g/mol. The van der Waals surface area contributed by atoms with Crippen LogP contribution in [0.3, 0.4) is 0 Å². The van der Waals surface area contributed by atoms with Gasteiger partial charge in [0.2, 0.25) is 0 Å². The fourth-order valence-corrected chi connectivity index (χ4v) is 2.50. The standard InChI is InChI=1S/C15H22FN3.HI/c16-13-6-4-5-12(11-13)9-10-18-15(17)19-14-7-2-1-3-8-14;/h4-6,11,14H,1-3,7-10H2,(H3,17,18,19);1H. The van der Waals surface area contributed by atoms with Gasteiger partial charge in [-0.2, -0.15) is 0 Å². The predicted octanol–water partition coefficient (Wildman–Crippen LogP) is 3.22. The first-order valence-corrected chi connectivity index (χ1v) is 7.05. The third-order valence-corrected chi connectivity index (χ3v) is 3.53. The third kappa shape index (κ3) is 6.07. The third-order valence-electron chi connectivity index (χ3n) is 3.53. The zero-order valence-electron chi connectivity index (χ0n) is 11.6. The second kappa shape index (κ2) is 9.15. The van der Waals surface area contributed by atoms with Gasteiger partial charge < -0.3 is 11.1 Å². The molecule has 0 aliphatic heterocycles. The minimum atomic E-state index is -0.199. The molecule has 0 saturated heterocycles. The Morgan fingerprint density at radius 1 is 1.30 bits per heavy atom. The molecule has 0 atom stereocenters. The lowest BCUT2D eigenvalue weighted by atomic mass is 9.96. The van der Waals surface area contributed by atoms with Crippen LogP contribution in [0.2, 0.25) is 0 Å². The lowest BCUT2D eigenvalue weighted by Crippen LogP contribution is -2.41. The van der Waals surface area contributed by atoms with Crippen molar-refractivity contribution in [2.75, 3.05) is 6.54 Å². The Bertz CT molecular complexity index is 431. The van der Waals surface area contributed by atoms with Crippen LogP contribution in [0.4, 0.5) is 4.39 Å². The molecule has 0 spiro atoms. The van der Waals surface area contributed by atoms with Crippen LogP contribution in [0.25, 0.3) is 0 Å². The van der Waals surface area contributed by atoms with Crippen molar-refractivity contribution in [1.29, 1.82) is 0 Å².